The highest BCUT2D eigenvalue weighted by Crippen LogP contribution is 2.19. The van der Waals surface area contributed by atoms with Gasteiger partial charge in [0.1, 0.15) is 0 Å². The lowest BCUT2D eigenvalue weighted by Crippen LogP contribution is -2.30. The molecule has 76 valence electrons. The van der Waals surface area contributed by atoms with Gasteiger partial charge in [0.25, 0.3) is 0 Å². The lowest BCUT2D eigenvalue weighted by atomic mass is 10.2. The summed E-state index contributed by atoms with van der Waals surface area (Å²) in [4.78, 5) is 2.63. The van der Waals surface area contributed by atoms with Crippen molar-refractivity contribution >= 4 is 0 Å². The molecular formula is C11H22N2. The molecule has 1 heterocycles. The molecule has 0 spiro atoms. The number of hydrogen-bond donors (Lipinski definition) is 1. The number of likely N-dealkylation sites (tertiary alicyclic amines) is 1. The topological polar surface area (TPSA) is 15.3 Å². The van der Waals surface area contributed by atoms with Crippen LogP contribution in [0.4, 0.5) is 0 Å². The molecular weight excluding hydrogens is 160 g/mol. The van der Waals surface area contributed by atoms with Crippen LogP contribution in [-0.4, -0.2) is 36.6 Å². The summed E-state index contributed by atoms with van der Waals surface area (Å²) in [5.41, 5.74) is 0. The van der Waals surface area contributed by atoms with E-state index in [-0.39, 0.29) is 0 Å². The van der Waals surface area contributed by atoms with E-state index in [0.29, 0.717) is 0 Å². The second-order valence-corrected chi connectivity index (χ2v) is 4.61. The van der Waals surface area contributed by atoms with Crippen molar-refractivity contribution in [3.05, 3.63) is 0 Å². The van der Waals surface area contributed by atoms with Gasteiger partial charge in [-0.25, -0.2) is 0 Å². The molecule has 2 nitrogen and oxygen atoms in total. The van der Waals surface area contributed by atoms with E-state index in [1.54, 1.807) is 0 Å². The molecule has 1 saturated heterocycles. The first-order chi connectivity index (χ1) is 6.36. The lowest BCUT2D eigenvalue weighted by Gasteiger charge is -2.20. The Morgan fingerprint density at radius 3 is 2.77 bits per heavy atom. The van der Waals surface area contributed by atoms with Crippen molar-refractivity contribution in [3.63, 3.8) is 0 Å². The Morgan fingerprint density at radius 1 is 1.31 bits per heavy atom. The average molecular weight is 182 g/mol. The third kappa shape index (κ3) is 2.96. The molecule has 0 aromatic carbocycles. The molecule has 1 atom stereocenters. The first-order valence-electron chi connectivity index (χ1n) is 5.83. The van der Waals surface area contributed by atoms with E-state index in [2.05, 4.69) is 17.1 Å². The third-order valence-corrected chi connectivity index (χ3v) is 3.32. The van der Waals surface area contributed by atoms with Crippen LogP contribution in [0.2, 0.25) is 0 Å². The van der Waals surface area contributed by atoms with Gasteiger partial charge in [-0.3, -0.25) is 0 Å². The Labute approximate surface area is 81.7 Å². The Balaban J connectivity index is 1.51. The van der Waals surface area contributed by atoms with Crippen LogP contribution in [0.15, 0.2) is 0 Å². The van der Waals surface area contributed by atoms with Gasteiger partial charge in [0, 0.05) is 12.1 Å². The summed E-state index contributed by atoms with van der Waals surface area (Å²) in [6, 6.07) is 1.73. The van der Waals surface area contributed by atoms with Gasteiger partial charge in [0.15, 0.2) is 0 Å². The second kappa shape index (κ2) is 4.43. The number of rotatable bonds is 5. The molecule has 1 aliphatic heterocycles. The van der Waals surface area contributed by atoms with Gasteiger partial charge in [-0.2, -0.15) is 0 Å². The first-order valence-corrected chi connectivity index (χ1v) is 5.83. The van der Waals surface area contributed by atoms with Crippen molar-refractivity contribution < 1.29 is 0 Å². The summed E-state index contributed by atoms with van der Waals surface area (Å²) < 4.78 is 0. The zero-order valence-corrected chi connectivity index (χ0v) is 8.76. The molecule has 13 heavy (non-hydrogen) atoms. The zero-order valence-electron chi connectivity index (χ0n) is 8.76. The fourth-order valence-corrected chi connectivity index (χ4v) is 2.20. The highest BCUT2D eigenvalue weighted by atomic mass is 15.2. The summed E-state index contributed by atoms with van der Waals surface area (Å²) in [5, 5.41) is 3.57. The maximum Gasteiger partial charge on any atom is 0.00682 e. The fraction of sp³-hybridized carbons (Fsp3) is 1.00. The maximum absolute atomic E-state index is 3.57. The Hall–Kier alpha value is -0.0800. The predicted octanol–water partition coefficient (Wildman–Crippen LogP) is 1.61. The van der Waals surface area contributed by atoms with Gasteiger partial charge < -0.3 is 10.2 Å². The van der Waals surface area contributed by atoms with E-state index < -0.39 is 0 Å². The molecule has 0 aromatic heterocycles. The second-order valence-electron chi connectivity index (χ2n) is 4.61. The molecule has 2 rings (SSSR count). The summed E-state index contributed by atoms with van der Waals surface area (Å²) in [7, 11) is 0. The molecule has 1 aliphatic carbocycles. The molecule has 1 unspecified atom stereocenters. The van der Waals surface area contributed by atoms with Crippen LogP contribution < -0.4 is 5.32 Å². The minimum Gasteiger partial charge on any atom is -0.314 e. The fourth-order valence-electron chi connectivity index (χ4n) is 2.20. The highest BCUT2D eigenvalue weighted by molar-refractivity contribution is 4.81. The van der Waals surface area contributed by atoms with Crippen LogP contribution in [0.5, 0.6) is 0 Å². The predicted molar refractivity (Wildman–Crippen MR) is 55.9 cm³/mol. The van der Waals surface area contributed by atoms with Crippen LogP contribution in [0.3, 0.4) is 0 Å². The van der Waals surface area contributed by atoms with Crippen LogP contribution in [-0.2, 0) is 0 Å². The minimum atomic E-state index is 0.848. The molecule has 0 radical (unpaired) electrons. The van der Waals surface area contributed by atoms with Crippen LogP contribution >= 0.6 is 0 Å². The van der Waals surface area contributed by atoms with Gasteiger partial charge in [-0.1, -0.05) is 0 Å². The third-order valence-electron chi connectivity index (χ3n) is 3.32. The van der Waals surface area contributed by atoms with Crippen LogP contribution in [0, 0.1) is 0 Å². The molecule has 0 amide bonds. The average Bonchev–Trinajstić information content (AvgIpc) is 2.86. The quantitative estimate of drug-likeness (QED) is 0.650. The minimum absolute atomic E-state index is 0.848. The van der Waals surface area contributed by atoms with Crippen molar-refractivity contribution in [2.24, 2.45) is 0 Å². The molecule has 0 aromatic rings. The maximum atomic E-state index is 3.57. The van der Waals surface area contributed by atoms with E-state index in [0.717, 1.165) is 12.1 Å². The van der Waals surface area contributed by atoms with Crippen molar-refractivity contribution in [1.29, 1.82) is 0 Å². The lowest BCUT2D eigenvalue weighted by molar-refractivity contribution is 0.264. The van der Waals surface area contributed by atoms with Gasteiger partial charge >= 0.3 is 0 Å². The van der Waals surface area contributed by atoms with Crippen LogP contribution in [0.25, 0.3) is 0 Å². The molecule has 1 saturated carbocycles. The largest absolute Gasteiger partial charge is 0.314 e. The molecule has 2 heteroatoms. The van der Waals surface area contributed by atoms with Crippen molar-refractivity contribution in [1.82, 2.24) is 10.2 Å². The Kier molecular flexibility index (Phi) is 3.23. The van der Waals surface area contributed by atoms with E-state index in [9.17, 15) is 0 Å². The van der Waals surface area contributed by atoms with E-state index >= 15 is 0 Å². The summed E-state index contributed by atoms with van der Waals surface area (Å²) >= 11 is 0. The number of hydrogen-bond acceptors (Lipinski definition) is 2. The molecule has 2 aliphatic rings. The van der Waals surface area contributed by atoms with Gasteiger partial charge in [0.2, 0.25) is 0 Å². The van der Waals surface area contributed by atoms with E-state index in [1.165, 1.54) is 51.7 Å². The normalized spacial score (nSPS) is 29.8. The van der Waals surface area contributed by atoms with Crippen molar-refractivity contribution in [2.45, 2.75) is 51.1 Å². The van der Waals surface area contributed by atoms with Gasteiger partial charge in [-0.05, 0) is 58.7 Å². The Bertz CT molecular complexity index is 154. The van der Waals surface area contributed by atoms with Crippen LogP contribution in [0.1, 0.15) is 39.0 Å². The van der Waals surface area contributed by atoms with Crippen molar-refractivity contribution in [2.75, 3.05) is 19.6 Å². The Morgan fingerprint density at radius 2 is 2.15 bits per heavy atom. The summed E-state index contributed by atoms with van der Waals surface area (Å²) in [6.45, 7) is 6.24. The van der Waals surface area contributed by atoms with E-state index in [1.807, 2.05) is 0 Å². The molecule has 1 N–H and O–H groups in total. The number of nitrogens with one attached hydrogen (secondary N) is 1. The smallest absolute Gasteiger partial charge is 0.00682 e. The van der Waals surface area contributed by atoms with Gasteiger partial charge in [-0.15, -0.1) is 0 Å². The number of nitrogens with zero attached hydrogens (tertiary/aromatic N) is 1. The zero-order chi connectivity index (χ0) is 9.10. The summed E-state index contributed by atoms with van der Waals surface area (Å²) in [5.74, 6) is 0. The van der Waals surface area contributed by atoms with Gasteiger partial charge in [0.05, 0.1) is 0 Å². The van der Waals surface area contributed by atoms with Crippen molar-refractivity contribution in [3.8, 4) is 0 Å². The standard InChI is InChI=1S/C11H22N2/c1-10-4-2-8-13(10)9-3-7-12-11-5-6-11/h10-12H,2-9H2,1H3. The molecule has 0 bridgehead atoms. The highest BCUT2D eigenvalue weighted by Gasteiger charge is 2.21. The van der Waals surface area contributed by atoms with E-state index in [4.69, 9.17) is 0 Å². The summed E-state index contributed by atoms with van der Waals surface area (Å²) in [6.07, 6.45) is 6.99. The monoisotopic (exact) mass is 182 g/mol. The SMILES string of the molecule is CC1CCCN1CCCNC1CC1. The molecule has 2 fully saturated rings. The first kappa shape index (κ1) is 9.47.